The summed E-state index contributed by atoms with van der Waals surface area (Å²) < 4.78 is 7.06. The molecule has 0 aliphatic carbocycles. The average molecular weight is 306 g/mol. The lowest BCUT2D eigenvalue weighted by Crippen LogP contribution is -2.41. The van der Waals surface area contributed by atoms with Crippen LogP contribution in [0.2, 0.25) is 0 Å². The molecular weight excluding hydrogens is 292 g/mol. The van der Waals surface area contributed by atoms with E-state index in [0.717, 1.165) is 0 Å². The third-order valence-corrected chi connectivity index (χ3v) is 3.86. The van der Waals surface area contributed by atoms with Gasteiger partial charge in [0.1, 0.15) is 24.1 Å². The van der Waals surface area contributed by atoms with Gasteiger partial charge in [-0.3, -0.25) is 0 Å². The van der Waals surface area contributed by atoms with Gasteiger partial charge in [-0.1, -0.05) is 5.11 Å². The fourth-order valence-electron chi connectivity index (χ4n) is 2.67. The lowest BCUT2D eigenvalue weighted by atomic mass is 9.88. The highest BCUT2D eigenvalue weighted by Crippen LogP contribution is 2.44. The summed E-state index contributed by atoms with van der Waals surface area (Å²) >= 11 is 0. The molecule has 4 atom stereocenters. The maximum Gasteiger partial charge on any atom is 0.196 e. The first-order valence-electron chi connectivity index (χ1n) is 6.47. The molecule has 1 fully saturated rings. The quantitative estimate of drug-likeness (QED) is 0.392. The van der Waals surface area contributed by atoms with Crippen molar-refractivity contribution in [3.8, 4) is 0 Å². The Morgan fingerprint density at radius 3 is 3.05 bits per heavy atom. The van der Waals surface area contributed by atoms with Crippen LogP contribution >= 0.6 is 0 Å². The van der Waals surface area contributed by atoms with Crippen LogP contribution in [-0.4, -0.2) is 54.1 Å². The Morgan fingerprint density at radius 2 is 2.36 bits per heavy atom. The number of nitrogens with zero attached hydrogens (tertiary/aromatic N) is 7. The lowest BCUT2D eigenvalue weighted by Gasteiger charge is -2.26. The summed E-state index contributed by atoms with van der Waals surface area (Å²) in [6.07, 6.45) is -0.191. The van der Waals surface area contributed by atoms with E-state index < -0.39 is 30.5 Å². The summed E-state index contributed by atoms with van der Waals surface area (Å²) in [4.78, 5) is 10.7. The number of nitrogens with two attached hydrogens (primary N) is 1. The molecule has 1 unspecified atom stereocenters. The van der Waals surface area contributed by atoms with Crippen molar-refractivity contribution >= 4 is 11.5 Å². The van der Waals surface area contributed by atoms with Gasteiger partial charge < -0.3 is 20.7 Å². The summed E-state index contributed by atoms with van der Waals surface area (Å²) in [5, 5.41) is 27.4. The number of aromatic nitrogens is 4. The molecule has 3 rings (SSSR count). The second-order valence-corrected chi connectivity index (χ2v) is 5.16. The van der Waals surface area contributed by atoms with E-state index >= 15 is 0 Å². The van der Waals surface area contributed by atoms with Gasteiger partial charge in [0.05, 0.1) is 24.6 Å². The van der Waals surface area contributed by atoms with Crippen molar-refractivity contribution in [3.05, 3.63) is 28.7 Å². The number of anilines is 1. The van der Waals surface area contributed by atoms with Crippen molar-refractivity contribution < 1.29 is 14.9 Å². The van der Waals surface area contributed by atoms with Gasteiger partial charge in [0.25, 0.3) is 0 Å². The van der Waals surface area contributed by atoms with Crippen LogP contribution in [0.3, 0.4) is 0 Å². The summed E-state index contributed by atoms with van der Waals surface area (Å²) in [7, 11) is 0. The van der Waals surface area contributed by atoms with Crippen LogP contribution in [0.4, 0.5) is 5.82 Å². The van der Waals surface area contributed by atoms with Gasteiger partial charge in [0.15, 0.2) is 11.5 Å². The first-order valence-corrected chi connectivity index (χ1v) is 6.47. The fraction of sp³-hybridized carbons (Fsp3) is 0.545. The van der Waals surface area contributed by atoms with Crippen molar-refractivity contribution in [2.75, 3.05) is 12.3 Å². The molecular formula is C11H14N8O3. The highest BCUT2D eigenvalue weighted by atomic mass is 16.5. The Morgan fingerprint density at radius 1 is 1.59 bits per heavy atom. The van der Waals surface area contributed by atoms with Crippen molar-refractivity contribution in [1.29, 1.82) is 0 Å². The molecule has 1 aliphatic rings. The smallest absolute Gasteiger partial charge is 0.196 e. The van der Waals surface area contributed by atoms with Crippen molar-refractivity contribution in [3.63, 3.8) is 0 Å². The topological polar surface area (TPSA) is 168 Å². The van der Waals surface area contributed by atoms with Gasteiger partial charge in [0.2, 0.25) is 0 Å². The summed E-state index contributed by atoms with van der Waals surface area (Å²) in [6.45, 7) is 1.13. The first-order chi connectivity index (χ1) is 10.5. The molecule has 3 heterocycles. The van der Waals surface area contributed by atoms with E-state index in [1.54, 1.807) is 6.92 Å². The predicted octanol–water partition coefficient (Wildman–Crippen LogP) is -0.431. The van der Waals surface area contributed by atoms with E-state index in [1.807, 2.05) is 0 Å². The third-order valence-electron chi connectivity index (χ3n) is 3.86. The third kappa shape index (κ3) is 1.88. The number of azide groups is 1. The minimum absolute atomic E-state index is 0.184. The zero-order valence-corrected chi connectivity index (χ0v) is 11.6. The fourth-order valence-corrected chi connectivity index (χ4v) is 2.67. The monoisotopic (exact) mass is 306 g/mol. The molecule has 11 nitrogen and oxygen atoms in total. The van der Waals surface area contributed by atoms with E-state index in [-0.39, 0.29) is 5.82 Å². The van der Waals surface area contributed by atoms with Crippen LogP contribution in [0, 0.1) is 0 Å². The molecule has 0 bridgehead atoms. The molecule has 2 aromatic rings. The zero-order valence-electron chi connectivity index (χ0n) is 11.6. The van der Waals surface area contributed by atoms with Gasteiger partial charge in [-0.05, 0) is 12.5 Å². The van der Waals surface area contributed by atoms with Gasteiger partial charge in [-0.2, -0.15) is 5.10 Å². The minimum atomic E-state index is -1.32. The van der Waals surface area contributed by atoms with Gasteiger partial charge in [0, 0.05) is 4.91 Å². The van der Waals surface area contributed by atoms with E-state index in [1.165, 1.54) is 17.0 Å². The largest absolute Gasteiger partial charge is 0.394 e. The van der Waals surface area contributed by atoms with E-state index in [9.17, 15) is 10.2 Å². The molecule has 1 aliphatic heterocycles. The van der Waals surface area contributed by atoms with Crippen molar-refractivity contribution in [2.24, 2.45) is 5.11 Å². The Hall–Kier alpha value is -2.46. The van der Waals surface area contributed by atoms with Gasteiger partial charge >= 0.3 is 0 Å². The number of rotatable bonds is 3. The Bertz CT molecular complexity index is 757. The second-order valence-electron chi connectivity index (χ2n) is 5.16. The van der Waals surface area contributed by atoms with E-state index in [2.05, 4.69) is 25.1 Å². The number of hydrogen-bond donors (Lipinski definition) is 3. The highest BCUT2D eigenvalue weighted by molar-refractivity contribution is 5.59. The van der Waals surface area contributed by atoms with Crippen molar-refractivity contribution in [2.45, 2.75) is 30.8 Å². The van der Waals surface area contributed by atoms with Crippen molar-refractivity contribution in [1.82, 2.24) is 19.6 Å². The summed E-state index contributed by atoms with van der Waals surface area (Å²) in [5.41, 5.74) is 14.0. The van der Waals surface area contributed by atoms with Gasteiger partial charge in [-0.25, -0.2) is 14.5 Å². The molecule has 0 spiro atoms. The highest BCUT2D eigenvalue weighted by Gasteiger charge is 2.54. The van der Waals surface area contributed by atoms with Crippen LogP contribution < -0.4 is 5.73 Å². The summed E-state index contributed by atoms with van der Waals surface area (Å²) in [6, 6.07) is 0. The molecule has 22 heavy (non-hydrogen) atoms. The van der Waals surface area contributed by atoms with Crippen LogP contribution in [0.15, 0.2) is 17.6 Å². The number of aliphatic hydroxyl groups is 2. The predicted molar refractivity (Wildman–Crippen MR) is 73.5 cm³/mol. The maximum absolute atomic E-state index is 10.3. The number of imidazole rings is 1. The van der Waals surface area contributed by atoms with Crippen LogP contribution in [0.5, 0.6) is 0 Å². The standard InChI is InChI=1S/C11H14N8O3/c1-11(17-18-13)7(21)6(3-20)22-8(11)5-2-14-10-9(12)15-4-16-19(5)10/h2,4,6-8,20-21H,3H2,1H3,(H2,12,15,16)/t6-,7-,8+,11?/m1/s1. The van der Waals surface area contributed by atoms with E-state index in [0.29, 0.717) is 11.3 Å². The Kier molecular flexibility index (Phi) is 3.34. The SMILES string of the molecule is CC1(N=[N+]=[N-])[C@H](O)[C@@H](CO)O[C@H]1c1cnc2c(N)ncnn12. The van der Waals surface area contributed by atoms with Gasteiger partial charge in [-0.15, -0.1) is 0 Å². The number of ether oxygens (including phenoxy) is 1. The molecule has 0 radical (unpaired) electrons. The average Bonchev–Trinajstić information content (AvgIpc) is 3.02. The Balaban J connectivity index is 2.16. The minimum Gasteiger partial charge on any atom is -0.394 e. The molecule has 11 heteroatoms. The molecule has 0 saturated carbocycles. The second kappa shape index (κ2) is 5.07. The molecule has 4 N–H and O–H groups in total. The normalized spacial score (nSPS) is 31.3. The zero-order chi connectivity index (χ0) is 15.9. The van der Waals surface area contributed by atoms with Crippen LogP contribution in [0.25, 0.3) is 16.1 Å². The number of nitrogen functional groups attached to an aromatic ring is 1. The van der Waals surface area contributed by atoms with Crippen LogP contribution in [-0.2, 0) is 4.74 Å². The molecule has 1 saturated heterocycles. The first kappa shape index (κ1) is 14.5. The maximum atomic E-state index is 10.3. The van der Waals surface area contributed by atoms with Crippen LogP contribution in [0.1, 0.15) is 18.7 Å². The number of fused-ring (bicyclic) bond motifs is 1. The Labute approximate surface area is 124 Å². The molecule has 0 amide bonds. The number of hydrogen-bond acceptors (Lipinski definition) is 8. The van der Waals surface area contributed by atoms with E-state index in [4.69, 9.17) is 16.0 Å². The molecule has 2 aromatic heterocycles. The summed E-state index contributed by atoms with van der Waals surface area (Å²) in [5.74, 6) is 0.184. The molecule has 0 aromatic carbocycles. The number of aliphatic hydroxyl groups excluding tert-OH is 2. The molecule has 116 valence electrons. The lowest BCUT2D eigenvalue weighted by molar-refractivity contribution is -0.0241.